The van der Waals surface area contributed by atoms with Crippen molar-refractivity contribution in [1.29, 1.82) is 0 Å². The van der Waals surface area contributed by atoms with Crippen molar-refractivity contribution in [1.82, 2.24) is 0 Å². The van der Waals surface area contributed by atoms with E-state index < -0.39 is 0 Å². The summed E-state index contributed by atoms with van der Waals surface area (Å²) in [6, 6.07) is 13.3. The second-order valence-corrected chi connectivity index (χ2v) is 8.15. The zero-order valence-electron chi connectivity index (χ0n) is 13.8. The minimum Gasteiger partial charge on any atom is -0.493 e. The zero-order chi connectivity index (χ0) is 16.9. The summed E-state index contributed by atoms with van der Waals surface area (Å²) in [5, 5.41) is 0. The summed E-state index contributed by atoms with van der Waals surface area (Å²) in [5.74, 6) is 3.02. The first-order chi connectivity index (χ1) is 11.7. The Morgan fingerprint density at radius 3 is 2.42 bits per heavy atom. The van der Waals surface area contributed by atoms with E-state index in [0.29, 0.717) is 21.6 Å². The maximum absolute atomic E-state index is 12.3. The lowest BCUT2D eigenvalue weighted by atomic mass is 10.1. The minimum atomic E-state index is -0.367. The first-order valence-corrected chi connectivity index (χ1v) is 10.0. The zero-order valence-corrected chi connectivity index (χ0v) is 15.4. The number of ether oxygens (including phenoxy) is 2. The van der Waals surface area contributed by atoms with Crippen LogP contribution in [0.1, 0.15) is 33.0 Å². The van der Waals surface area contributed by atoms with Crippen LogP contribution in [0.4, 0.5) is 0 Å². The third kappa shape index (κ3) is 3.90. The van der Waals surface area contributed by atoms with Crippen LogP contribution in [0.25, 0.3) is 0 Å². The van der Waals surface area contributed by atoms with Gasteiger partial charge in [-0.05, 0) is 41.8 Å². The van der Waals surface area contributed by atoms with Crippen molar-refractivity contribution in [2.75, 3.05) is 18.6 Å². The average molecular weight is 361 g/mol. The van der Waals surface area contributed by atoms with E-state index in [9.17, 15) is 4.79 Å². The van der Waals surface area contributed by atoms with Gasteiger partial charge in [-0.3, -0.25) is 0 Å². The number of aryl methyl sites for hydroxylation is 1. The number of hydrogen-bond donors (Lipinski definition) is 0. The molecular formula is C19H20O3S2. The van der Waals surface area contributed by atoms with Gasteiger partial charge in [0, 0.05) is 11.5 Å². The highest BCUT2D eigenvalue weighted by atomic mass is 32.2. The van der Waals surface area contributed by atoms with E-state index in [1.54, 1.807) is 19.2 Å². The van der Waals surface area contributed by atoms with Crippen LogP contribution in [-0.4, -0.2) is 24.6 Å². The average Bonchev–Trinajstić information content (AvgIpc) is 3.16. The highest BCUT2D eigenvalue weighted by molar-refractivity contribution is 8.19. The van der Waals surface area contributed by atoms with Crippen LogP contribution < -0.4 is 9.47 Å². The summed E-state index contributed by atoms with van der Waals surface area (Å²) in [6.07, 6.45) is 0.946. The van der Waals surface area contributed by atoms with Crippen molar-refractivity contribution in [2.45, 2.75) is 17.9 Å². The topological polar surface area (TPSA) is 35.5 Å². The molecule has 3 rings (SSSR count). The molecule has 1 aliphatic rings. The summed E-state index contributed by atoms with van der Waals surface area (Å²) < 4.78 is 11.4. The molecule has 0 spiro atoms. The van der Waals surface area contributed by atoms with Gasteiger partial charge in [0.1, 0.15) is 0 Å². The minimum absolute atomic E-state index is 0.367. The van der Waals surface area contributed by atoms with E-state index in [-0.39, 0.29) is 5.97 Å². The normalized spacial score (nSPS) is 14.6. The van der Waals surface area contributed by atoms with Crippen LogP contribution in [-0.2, 0) is 6.42 Å². The second-order valence-electron chi connectivity index (χ2n) is 5.42. The Labute approximate surface area is 151 Å². The molecule has 0 aromatic heterocycles. The number of rotatable bonds is 5. The number of hydrogen-bond acceptors (Lipinski definition) is 5. The smallest absolute Gasteiger partial charge is 0.343 e. The van der Waals surface area contributed by atoms with E-state index in [1.807, 2.05) is 53.9 Å². The lowest BCUT2D eigenvalue weighted by Crippen LogP contribution is -2.09. The van der Waals surface area contributed by atoms with Crippen LogP contribution in [0.3, 0.4) is 0 Å². The molecule has 0 aliphatic carbocycles. The number of carbonyl (C=O) groups excluding carboxylic acids is 1. The fourth-order valence-corrected chi connectivity index (χ4v) is 5.34. The Balaban J connectivity index is 1.76. The molecule has 0 atom stereocenters. The van der Waals surface area contributed by atoms with Crippen LogP contribution in [0.2, 0.25) is 0 Å². The highest BCUT2D eigenvalue weighted by Crippen LogP contribution is 2.46. The lowest BCUT2D eigenvalue weighted by molar-refractivity contribution is 0.0729. The molecule has 1 aliphatic heterocycles. The van der Waals surface area contributed by atoms with Gasteiger partial charge in [0.15, 0.2) is 11.5 Å². The molecule has 1 fully saturated rings. The van der Waals surface area contributed by atoms with E-state index in [4.69, 9.17) is 9.47 Å². The molecule has 126 valence electrons. The van der Waals surface area contributed by atoms with E-state index in [2.05, 4.69) is 6.92 Å². The Kier molecular flexibility index (Phi) is 5.74. The fourth-order valence-electron chi connectivity index (χ4n) is 2.50. The molecule has 24 heavy (non-hydrogen) atoms. The number of thioether (sulfide) groups is 2. The van der Waals surface area contributed by atoms with Crippen molar-refractivity contribution >= 4 is 29.5 Å². The lowest BCUT2D eigenvalue weighted by Gasteiger charge is -2.13. The SMILES string of the molecule is CCc1ccc(C(=O)Oc2ccc(C3SCCS3)cc2OC)cc1. The van der Waals surface area contributed by atoms with Gasteiger partial charge in [-0.2, -0.15) is 0 Å². The van der Waals surface area contributed by atoms with Crippen molar-refractivity contribution in [3.8, 4) is 11.5 Å². The standard InChI is InChI=1S/C19H20O3S2/c1-3-13-4-6-14(7-5-13)18(20)22-16-9-8-15(12-17(16)21-2)19-23-10-11-24-19/h4-9,12,19H,3,10-11H2,1-2H3. The fraction of sp³-hybridized carbons (Fsp3) is 0.316. The molecule has 1 heterocycles. The molecule has 5 heteroatoms. The molecule has 0 bridgehead atoms. The first kappa shape index (κ1) is 17.2. The molecule has 0 saturated carbocycles. The summed E-state index contributed by atoms with van der Waals surface area (Å²) >= 11 is 3.87. The maximum Gasteiger partial charge on any atom is 0.343 e. The second kappa shape index (κ2) is 7.99. The number of esters is 1. The molecule has 3 nitrogen and oxygen atoms in total. The Morgan fingerprint density at radius 2 is 1.79 bits per heavy atom. The van der Waals surface area contributed by atoms with Crippen LogP contribution in [0.5, 0.6) is 11.5 Å². The third-order valence-corrected chi connectivity index (χ3v) is 6.99. The van der Waals surface area contributed by atoms with Crippen LogP contribution in [0, 0.1) is 0 Å². The van der Waals surface area contributed by atoms with Gasteiger partial charge in [-0.15, -0.1) is 23.5 Å². The van der Waals surface area contributed by atoms with Crippen molar-refractivity contribution < 1.29 is 14.3 Å². The van der Waals surface area contributed by atoms with Gasteiger partial charge in [0.05, 0.1) is 17.3 Å². The molecule has 2 aromatic rings. The largest absolute Gasteiger partial charge is 0.493 e. The molecule has 2 aromatic carbocycles. The van der Waals surface area contributed by atoms with Gasteiger partial charge >= 0.3 is 5.97 Å². The van der Waals surface area contributed by atoms with Gasteiger partial charge in [0.2, 0.25) is 0 Å². The monoisotopic (exact) mass is 360 g/mol. The number of methoxy groups -OCH3 is 1. The van der Waals surface area contributed by atoms with Crippen molar-refractivity contribution in [3.05, 3.63) is 59.2 Å². The van der Waals surface area contributed by atoms with Crippen LogP contribution in [0.15, 0.2) is 42.5 Å². The Morgan fingerprint density at radius 1 is 1.08 bits per heavy atom. The van der Waals surface area contributed by atoms with Crippen molar-refractivity contribution in [3.63, 3.8) is 0 Å². The van der Waals surface area contributed by atoms with Gasteiger partial charge in [-0.1, -0.05) is 25.1 Å². The predicted molar refractivity (Wildman–Crippen MR) is 101 cm³/mol. The number of carbonyl (C=O) groups is 1. The van der Waals surface area contributed by atoms with E-state index in [0.717, 1.165) is 6.42 Å². The van der Waals surface area contributed by atoms with Gasteiger partial charge < -0.3 is 9.47 Å². The third-order valence-electron chi connectivity index (χ3n) is 3.88. The Hall–Kier alpha value is -1.59. The molecule has 1 saturated heterocycles. The van der Waals surface area contributed by atoms with Crippen molar-refractivity contribution in [2.24, 2.45) is 0 Å². The van der Waals surface area contributed by atoms with E-state index in [1.165, 1.54) is 22.6 Å². The first-order valence-electron chi connectivity index (χ1n) is 7.93. The molecule has 0 N–H and O–H groups in total. The summed E-state index contributed by atoms with van der Waals surface area (Å²) in [4.78, 5) is 12.3. The molecule has 0 radical (unpaired) electrons. The summed E-state index contributed by atoms with van der Waals surface area (Å²) in [5.41, 5.74) is 2.94. The molecule has 0 amide bonds. The quantitative estimate of drug-likeness (QED) is 0.556. The predicted octanol–water partition coefficient (Wildman–Crippen LogP) is 4.96. The van der Waals surface area contributed by atoms with Crippen LogP contribution >= 0.6 is 23.5 Å². The highest BCUT2D eigenvalue weighted by Gasteiger charge is 2.20. The Bertz CT molecular complexity index is 707. The van der Waals surface area contributed by atoms with Gasteiger partial charge in [0.25, 0.3) is 0 Å². The summed E-state index contributed by atoms with van der Waals surface area (Å²) in [7, 11) is 1.60. The molecule has 0 unspecified atom stereocenters. The number of benzene rings is 2. The van der Waals surface area contributed by atoms with Gasteiger partial charge in [-0.25, -0.2) is 4.79 Å². The molecular weight excluding hydrogens is 340 g/mol. The summed E-state index contributed by atoms with van der Waals surface area (Å²) in [6.45, 7) is 2.08. The maximum atomic E-state index is 12.3. The van der Waals surface area contributed by atoms with E-state index >= 15 is 0 Å².